The molecule has 1 aliphatic heterocycles. The largest absolute Gasteiger partial charge is 0.479 e. The second kappa shape index (κ2) is 10.3. The highest BCUT2D eigenvalue weighted by Crippen LogP contribution is 2.44. The third-order valence-corrected chi connectivity index (χ3v) is 7.59. The molecule has 1 aliphatic carbocycles. The number of aryl methyl sites for hydroxylation is 1. The summed E-state index contributed by atoms with van der Waals surface area (Å²) in [5.41, 5.74) is 6.53. The summed E-state index contributed by atoms with van der Waals surface area (Å²) in [5, 5.41) is 13.5. The molecular formula is C30H40N2O4. The van der Waals surface area contributed by atoms with Crippen LogP contribution in [0.25, 0.3) is 11.1 Å². The van der Waals surface area contributed by atoms with Gasteiger partial charge in [-0.1, -0.05) is 49.1 Å². The van der Waals surface area contributed by atoms with E-state index in [-0.39, 0.29) is 12.1 Å². The van der Waals surface area contributed by atoms with Crippen molar-refractivity contribution < 1.29 is 19.4 Å². The molecule has 1 saturated carbocycles. The molecule has 6 heteroatoms. The highest BCUT2D eigenvalue weighted by atomic mass is 16.5. The zero-order chi connectivity index (χ0) is 26.2. The van der Waals surface area contributed by atoms with Gasteiger partial charge in [0.2, 0.25) is 0 Å². The average molecular weight is 493 g/mol. The van der Waals surface area contributed by atoms with Gasteiger partial charge < -0.3 is 20.1 Å². The van der Waals surface area contributed by atoms with Crippen LogP contribution in [-0.2, 0) is 16.0 Å². The lowest BCUT2D eigenvalue weighted by molar-refractivity contribution is -0.160. The number of carboxylic acid groups (broad SMARTS) is 1. The highest BCUT2D eigenvalue weighted by Gasteiger charge is 2.36. The molecular weight excluding hydrogens is 452 g/mol. The predicted octanol–water partition coefficient (Wildman–Crippen LogP) is 6.94. The molecule has 1 fully saturated rings. The molecule has 1 unspecified atom stereocenters. The molecule has 4 rings (SSSR count). The first kappa shape index (κ1) is 26.2. The number of rotatable bonds is 5. The summed E-state index contributed by atoms with van der Waals surface area (Å²) in [6.45, 7) is 12.3. The summed E-state index contributed by atoms with van der Waals surface area (Å²) in [6, 6.07) is 8.37. The maximum absolute atomic E-state index is 13.4. The third-order valence-electron chi connectivity index (χ3n) is 7.59. The van der Waals surface area contributed by atoms with Gasteiger partial charge in [0.1, 0.15) is 0 Å². The number of anilines is 1. The van der Waals surface area contributed by atoms with Gasteiger partial charge in [-0.3, -0.25) is 0 Å². The quantitative estimate of drug-likeness (QED) is 0.474. The standard InChI is InChI=1S/C30H40N2O4/c1-18-12-14-21(15-13-18)24-19(2)23-16-17-32(22-10-8-7-9-11-22)29(35)31-26(23)20(3)25(24)27(28(33)34)36-30(4,5)6/h12-15,22,27H,7-11,16-17H2,1-6H3,(H,31,35)(H,33,34). The second-order valence-electron chi connectivity index (χ2n) is 11.4. The van der Waals surface area contributed by atoms with E-state index in [0.717, 1.165) is 71.2 Å². The van der Waals surface area contributed by atoms with Crippen LogP contribution >= 0.6 is 0 Å². The van der Waals surface area contributed by atoms with Crippen LogP contribution in [0.4, 0.5) is 10.5 Å². The topological polar surface area (TPSA) is 78.9 Å². The first-order valence-corrected chi connectivity index (χ1v) is 13.2. The van der Waals surface area contributed by atoms with E-state index in [1.807, 2.05) is 63.8 Å². The maximum atomic E-state index is 13.4. The Morgan fingerprint density at radius 2 is 1.69 bits per heavy atom. The summed E-state index contributed by atoms with van der Waals surface area (Å²) in [6.07, 6.45) is 5.20. The van der Waals surface area contributed by atoms with Crippen LogP contribution in [-0.4, -0.2) is 40.2 Å². The van der Waals surface area contributed by atoms with E-state index in [2.05, 4.69) is 12.2 Å². The van der Waals surface area contributed by atoms with E-state index in [1.165, 1.54) is 6.42 Å². The van der Waals surface area contributed by atoms with Crippen molar-refractivity contribution in [2.24, 2.45) is 0 Å². The summed E-state index contributed by atoms with van der Waals surface area (Å²) < 4.78 is 6.15. The Balaban J connectivity index is 1.90. The Kier molecular flexibility index (Phi) is 7.46. The van der Waals surface area contributed by atoms with Gasteiger partial charge in [-0.15, -0.1) is 0 Å². The number of amides is 2. The van der Waals surface area contributed by atoms with E-state index in [4.69, 9.17) is 4.74 Å². The Hall–Kier alpha value is -2.86. The monoisotopic (exact) mass is 492 g/mol. The number of aliphatic carboxylic acids is 1. The lowest BCUT2D eigenvalue weighted by Crippen LogP contribution is -2.43. The van der Waals surface area contributed by atoms with Gasteiger partial charge in [-0.2, -0.15) is 0 Å². The van der Waals surface area contributed by atoms with Gasteiger partial charge in [0, 0.05) is 23.8 Å². The Morgan fingerprint density at radius 1 is 1.06 bits per heavy atom. The Labute approximate surface area is 215 Å². The molecule has 0 bridgehead atoms. The number of urea groups is 1. The van der Waals surface area contributed by atoms with Crippen molar-refractivity contribution in [1.29, 1.82) is 0 Å². The van der Waals surface area contributed by atoms with Crippen LogP contribution in [0.5, 0.6) is 0 Å². The van der Waals surface area contributed by atoms with Crippen molar-refractivity contribution in [3.63, 3.8) is 0 Å². The van der Waals surface area contributed by atoms with Gasteiger partial charge in [-0.05, 0) is 88.6 Å². The molecule has 2 aromatic carbocycles. The van der Waals surface area contributed by atoms with Gasteiger partial charge in [0.15, 0.2) is 6.10 Å². The fourth-order valence-corrected chi connectivity index (χ4v) is 5.83. The van der Waals surface area contributed by atoms with Crippen molar-refractivity contribution in [3.8, 4) is 11.1 Å². The summed E-state index contributed by atoms with van der Waals surface area (Å²) in [4.78, 5) is 28.1. The van der Waals surface area contributed by atoms with Crippen LogP contribution in [0.15, 0.2) is 24.3 Å². The number of carbonyl (C=O) groups is 2. The first-order valence-electron chi connectivity index (χ1n) is 13.2. The number of hydrogen-bond donors (Lipinski definition) is 2. The fraction of sp³-hybridized carbons (Fsp3) is 0.533. The van der Waals surface area contributed by atoms with E-state index < -0.39 is 17.7 Å². The lowest BCUT2D eigenvalue weighted by Gasteiger charge is -2.33. The second-order valence-corrected chi connectivity index (χ2v) is 11.4. The van der Waals surface area contributed by atoms with Crippen LogP contribution in [0.3, 0.4) is 0 Å². The molecule has 0 spiro atoms. The summed E-state index contributed by atoms with van der Waals surface area (Å²) in [7, 11) is 0. The zero-order valence-corrected chi connectivity index (χ0v) is 22.5. The van der Waals surface area contributed by atoms with Gasteiger partial charge >= 0.3 is 12.0 Å². The molecule has 2 aliphatic rings. The minimum Gasteiger partial charge on any atom is -0.479 e. The Bertz CT molecular complexity index is 1140. The number of carbonyl (C=O) groups excluding carboxylic acids is 1. The zero-order valence-electron chi connectivity index (χ0n) is 22.5. The lowest BCUT2D eigenvalue weighted by atomic mass is 9.83. The van der Waals surface area contributed by atoms with Gasteiger partial charge in [0.25, 0.3) is 0 Å². The predicted molar refractivity (Wildman–Crippen MR) is 144 cm³/mol. The number of ether oxygens (including phenoxy) is 1. The van der Waals surface area contributed by atoms with Gasteiger partial charge in [-0.25, -0.2) is 9.59 Å². The molecule has 36 heavy (non-hydrogen) atoms. The number of nitrogens with zero attached hydrogens (tertiary/aromatic N) is 1. The van der Waals surface area contributed by atoms with Crippen molar-refractivity contribution in [3.05, 3.63) is 52.1 Å². The summed E-state index contributed by atoms with van der Waals surface area (Å²) in [5.74, 6) is -1.04. The maximum Gasteiger partial charge on any atom is 0.337 e. The van der Waals surface area contributed by atoms with Crippen LogP contribution < -0.4 is 5.32 Å². The van der Waals surface area contributed by atoms with Crippen LogP contribution in [0.2, 0.25) is 0 Å². The number of nitrogens with one attached hydrogen (secondary N) is 1. The van der Waals surface area contributed by atoms with E-state index in [9.17, 15) is 14.7 Å². The number of carboxylic acids is 1. The van der Waals surface area contributed by atoms with Crippen LogP contribution in [0, 0.1) is 20.8 Å². The molecule has 194 valence electrons. The normalized spacial score (nSPS) is 17.8. The molecule has 0 saturated heterocycles. The Morgan fingerprint density at radius 3 is 2.28 bits per heavy atom. The third kappa shape index (κ3) is 5.29. The molecule has 1 atom stereocenters. The van der Waals surface area contributed by atoms with Crippen molar-refractivity contribution in [2.45, 2.75) is 97.8 Å². The van der Waals surface area contributed by atoms with E-state index in [0.29, 0.717) is 12.1 Å². The van der Waals surface area contributed by atoms with E-state index in [1.54, 1.807) is 0 Å². The van der Waals surface area contributed by atoms with Crippen molar-refractivity contribution >= 4 is 17.7 Å². The minimum atomic E-state index is -1.17. The highest BCUT2D eigenvalue weighted by molar-refractivity contribution is 5.95. The molecule has 2 amide bonds. The average Bonchev–Trinajstić information content (AvgIpc) is 3.00. The fourth-order valence-electron chi connectivity index (χ4n) is 5.83. The molecule has 0 radical (unpaired) electrons. The molecule has 2 aromatic rings. The SMILES string of the molecule is Cc1ccc(-c2c(C)c3c(c(C)c2C(OC(C)(C)C)C(=O)O)NC(=O)N(C2CCCCC2)CC3)cc1. The first-order chi connectivity index (χ1) is 17.0. The number of fused-ring (bicyclic) bond motifs is 1. The smallest absolute Gasteiger partial charge is 0.337 e. The number of benzene rings is 2. The molecule has 0 aromatic heterocycles. The van der Waals surface area contributed by atoms with E-state index >= 15 is 0 Å². The molecule has 6 nitrogen and oxygen atoms in total. The van der Waals surface area contributed by atoms with Crippen LogP contribution in [0.1, 0.15) is 86.8 Å². The molecule has 2 N–H and O–H groups in total. The minimum absolute atomic E-state index is 0.0826. The van der Waals surface area contributed by atoms with Gasteiger partial charge in [0.05, 0.1) is 5.60 Å². The molecule has 1 heterocycles. The van der Waals surface area contributed by atoms with Crippen molar-refractivity contribution in [2.75, 3.05) is 11.9 Å². The van der Waals surface area contributed by atoms with Crippen molar-refractivity contribution in [1.82, 2.24) is 4.90 Å². The summed E-state index contributed by atoms with van der Waals surface area (Å²) >= 11 is 0. The number of hydrogen-bond acceptors (Lipinski definition) is 3.